The molecule has 0 saturated heterocycles. The fourth-order valence-electron chi connectivity index (χ4n) is 0.316. The molecule has 0 aromatic heterocycles. The molecule has 0 heterocycles. The van der Waals surface area contributed by atoms with Crippen molar-refractivity contribution in [1.82, 2.24) is 4.57 Å². The average molecular weight is 152 g/mol. The molecule has 0 aromatic rings. The maximum atomic E-state index is 6.12. The molecule has 50 valence electrons. The number of hydrogen-bond donors (Lipinski definition) is 0. The summed E-state index contributed by atoms with van der Waals surface area (Å²) in [5.41, 5.74) is 0. The lowest BCUT2D eigenvalue weighted by Gasteiger charge is -2.24. The van der Waals surface area contributed by atoms with Crippen molar-refractivity contribution in [3.63, 3.8) is 0 Å². The van der Waals surface area contributed by atoms with E-state index < -0.39 is 7.55 Å². The highest BCUT2D eigenvalue weighted by atomic mass is 35.6. The normalized spacial score (nSPS) is 18.8. The lowest BCUT2D eigenvalue weighted by Crippen LogP contribution is -2.40. The topological polar surface area (TPSA) is 3.24 Å². The van der Waals surface area contributed by atoms with Crippen LogP contribution in [-0.2, 0) is 0 Å². The van der Waals surface area contributed by atoms with Crippen molar-refractivity contribution >= 4 is 18.6 Å². The third kappa shape index (κ3) is 2.16. The zero-order chi connectivity index (χ0) is 6.78. The summed E-state index contributed by atoms with van der Waals surface area (Å²) in [4.78, 5) is 0. The SMILES string of the molecule is CC[Si](C)(Cl)N(C)C. The Hall–Kier alpha value is 0.467. The predicted molar refractivity (Wildman–Crippen MR) is 41.6 cm³/mol. The van der Waals surface area contributed by atoms with E-state index in [9.17, 15) is 0 Å². The van der Waals surface area contributed by atoms with Crippen LogP contribution in [0.2, 0.25) is 12.6 Å². The Balaban J connectivity index is 3.71. The summed E-state index contributed by atoms with van der Waals surface area (Å²) < 4.78 is 2.15. The number of nitrogens with zero attached hydrogens (tertiary/aromatic N) is 1. The van der Waals surface area contributed by atoms with Gasteiger partial charge in [-0.3, -0.25) is 0 Å². The predicted octanol–water partition coefficient (Wildman–Crippen LogP) is 1.88. The maximum absolute atomic E-state index is 6.12. The molecule has 0 saturated carbocycles. The Kier molecular flexibility index (Phi) is 3.02. The fraction of sp³-hybridized carbons (Fsp3) is 1.00. The second kappa shape index (κ2) is 2.85. The van der Waals surface area contributed by atoms with Gasteiger partial charge in [0.1, 0.15) is 0 Å². The molecule has 0 N–H and O–H groups in total. The van der Waals surface area contributed by atoms with E-state index in [4.69, 9.17) is 11.1 Å². The van der Waals surface area contributed by atoms with Gasteiger partial charge in [-0.25, -0.2) is 0 Å². The Morgan fingerprint density at radius 1 is 1.50 bits per heavy atom. The van der Waals surface area contributed by atoms with Gasteiger partial charge in [0.05, 0.1) is 0 Å². The van der Waals surface area contributed by atoms with Crippen molar-refractivity contribution in [3.8, 4) is 0 Å². The van der Waals surface area contributed by atoms with Crippen LogP contribution in [0.5, 0.6) is 0 Å². The summed E-state index contributed by atoms with van der Waals surface area (Å²) in [6.45, 7) is 4.29. The fourth-order valence-corrected chi connectivity index (χ4v) is 0.949. The van der Waals surface area contributed by atoms with Crippen LogP contribution in [0.3, 0.4) is 0 Å². The van der Waals surface area contributed by atoms with Gasteiger partial charge in [0.25, 0.3) is 0 Å². The third-order valence-electron chi connectivity index (χ3n) is 1.58. The van der Waals surface area contributed by atoms with Gasteiger partial charge in [-0.1, -0.05) is 6.92 Å². The highest BCUT2D eigenvalue weighted by molar-refractivity contribution is 7.17. The van der Waals surface area contributed by atoms with Crippen LogP contribution in [0.15, 0.2) is 0 Å². The minimum Gasteiger partial charge on any atom is -0.317 e. The van der Waals surface area contributed by atoms with E-state index in [2.05, 4.69) is 18.0 Å². The Labute approximate surface area is 57.4 Å². The Bertz CT molecular complexity index is 72.8. The molecular weight excluding hydrogens is 138 g/mol. The van der Waals surface area contributed by atoms with Crippen LogP contribution in [0.25, 0.3) is 0 Å². The van der Waals surface area contributed by atoms with E-state index in [1.54, 1.807) is 0 Å². The molecule has 0 aliphatic rings. The first-order chi connectivity index (χ1) is 3.50. The van der Waals surface area contributed by atoms with Crippen molar-refractivity contribution < 1.29 is 0 Å². The smallest absolute Gasteiger partial charge is 0.225 e. The quantitative estimate of drug-likeness (QED) is 0.431. The van der Waals surface area contributed by atoms with E-state index in [-0.39, 0.29) is 0 Å². The van der Waals surface area contributed by atoms with Crippen LogP contribution in [0.1, 0.15) is 6.92 Å². The van der Waals surface area contributed by atoms with Gasteiger partial charge < -0.3 is 4.57 Å². The summed E-state index contributed by atoms with van der Waals surface area (Å²) in [6.07, 6.45) is 0. The Morgan fingerprint density at radius 3 is 1.88 bits per heavy atom. The van der Waals surface area contributed by atoms with Crippen LogP contribution in [0.4, 0.5) is 0 Å². The molecule has 0 aliphatic carbocycles. The van der Waals surface area contributed by atoms with E-state index in [0.717, 1.165) is 6.04 Å². The largest absolute Gasteiger partial charge is 0.317 e. The van der Waals surface area contributed by atoms with Gasteiger partial charge >= 0.3 is 0 Å². The Morgan fingerprint density at radius 2 is 1.88 bits per heavy atom. The van der Waals surface area contributed by atoms with Crippen LogP contribution in [-0.4, -0.2) is 26.2 Å². The maximum Gasteiger partial charge on any atom is 0.225 e. The summed E-state index contributed by atoms with van der Waals surface area (Å²) in [5, 5.41) is 0. The van der Waals surface area contributed by atoms with Gasteiger partial charge in [-0.05, 0) is 26.7 Å². The molecule has 0 amide bonds. The van der Waals surface area contributed by atoms with Gasteiger partial charge in [0, 0.05) is 0 Å². The molecule has 1 unspecified atom stereocenters. The van der Waals surface area contributed by atoms with Crippen molar-refractivity contribution in [2.24, 2.45) is 0 Å². The molecule has 0 fully saturated rings. The molecule has 0 rings (SSSR count). The molecule has 0 radical (unpaired) electrons. The van der Waals surface area contributed by atoms with E-state index >= 15 is 0 Å². The number of rotatable bonds is 2. The molecule has 0 aromatic carbocycles. The van der Waals surface area contributed by atoms with Crippen molar-refractivity contribution in [2.75, 3.05) is 14.1 Å². The summed E-state index contributed by atoms with van der Waals surface area (Å²) in [6, 6.07) is 1.11. The first-order valence-electron chi connectivity index (χ1n) is 2.87. The van der Waals surface area contributed by atoms with E-state index in [0.29, 0.717) is 0 Å². The lowest BCUT2D eigenvalue weighted by molar-refractivity contribution is 0.633. The van der Waals surface area contributed by atoms with Gasteiger partial charge in [0.2, 0.25) is 7.55 Å². The molecule has 8 heavy (non-hydrogen) atoms. The molecule has 0 spiro atoms. The molecule has 1 nitrogen and oxygen atoms in total. The zero-order valence-electron chi connectivity index (χ0n) is 6.03. The molecule has 0 bridgehead atoms. The highest BCUT2D eigenvalue weighted by Gasteiger charge is 2.24. The van der Waals surface area contributed by atoms with Gasteiger partial charge in [-0.2, -0.15) is 0 Å². The molecule has 1 atom stereocenters. The van der Waals surface area contributed by atoms with Crippen LogP contribution in [0, 0.1) is 0 Å². The number of hydrogen-bond acceptors (Lipinski definition) is 1. The second-order valence-electron chi connectivity index (χ2n) is 2.39. The minimum atomic E-state index is -1.45. The summed E-state index contributed by atoms with van der Waals surface area (Å²) in [7, 11) is 2.64. The number of halogens is 1. The van der Waals surface area contributed by atoms with Crippen LogP contribution >= 0.6 is 11.1 Å². The standard InChI is InChI=1S/C5H14ClNSi/c1-5-8(4,6)7(2)3/h5H2,1-4H3. The van der Waals surface area contributed by atoms with Crippen molar-refractivity contribution in [3.05, 3.63) is 0 Å². The van der Waals surface area contributed by atoms with Gasteiger partial charge in [0.15, 0.2) is 0 Å². The second-order valence-corrected chi connectivity index (χ2v) is 8.72. The van der Waals surface area contributed by atoms with E-state index in [1.807, 2.05) is 14.1 Å². The highest BCUT2D eigenvalue weighted by Crippen LogP contribution is 2.15. The third-order valence-corrected chi connectivity index (χ3v) is 6.55. The summed E-state index contributed by atoms with van der Waals surface area (Å²) >= 11 is 6.12. The van der Waals surface area contributed by atoms with Crippen molar-refractivity contribution in [1.29, 1.82) is 0 Å². The molecule has 0 aliphatic heterocycles. The average Bonchev–Trinajstić information content (AvgIpc) is 1.67. The van der Waals surface area contributed by atoms with Gasteiger partial charge in [-0.15, -0.1) is 11.1 Å². The first kappa shape index (κ1) is 8.47. The lowest BCUT2D eigenvalue weighted by atomic mass is 11.0. The van der Waals surface area contributed by atoms with E-state index in [1.165, 1.54) is 0 Å². The monoisotopic (exact) mass is 151 g/mol. The zero-order valence-corrected chi connectivity index (χ0v) is 7.79. The van der Waals surface area contributed by atoms with Crippen molar-refractivity contribution in [2.45, 2.75) is 19.5 Å². The summed E-state index contributed by atoms with van der Waals surface area (Å²) in [5.74, 6) is 0. The molecule has 3 heteroatoms. The van der Waals surface area contributed by atoms with Crippen LogP contribution < -0.4 is 0 Å². The first-order valence-corrected chi connectivity index (χ1v) is 6.53. The minimum absolute atomic E-state index is 1.11. The molecular formula is C5H14ClNSi.